The molecule has 27 heavy (non-hydrogen) atoms. The lowest BCUT2D eigenvalue weighted by atomic mass is 9.77. The van der Waals surface area contributed by atoms with Gasteiger partial charge in [0.25, 0.3) is 0 Å². The van der Waals surface area contributed by atoms with E-state index in [0.29, 0.717) is 17.9 Å². The van der Waals surface area contributed by atoms with Gasteiger partial charge in [0, 0.05) is 0 Å². The quantitative estimate of drug-likeness (QED) is 0.378. The third kappa shape index (κ3) is 5.54. The number of halogens is 1. The van der Waals surface area contributed by atoms with Crippen molar-refractivity contribution >= 4 is 0 Å². The lowest BCUT2D eigenvalue weighted by Gasteiger charge is -2.28. The first-order valence-corrected chi connectivity index (χ1v) is 10.1. The molecule has 1 aliphatic rings. The second kappa shape index (κ2) is 10.1. The fourth-order valence-corrected chi connectivity index (χ4v) is 4.02. The first-order chi connectivity index (χ1) is 13.3. The lowest BCUT2D eigenvalue weighted by molar-refractivity contribution is 0.328. The Bertz CT molecular complexity index is 759. The van der Waals surface area contributed by atoms with E-state index in [1.807, 2.05) is 24.3 Å². The van der Waals surface area contributed by atoms with Crippen LogP contribution in [0, 0.1) is 17.2 Å². The number of rotatable bonds is 7. The number of nitriles is 1. The van der Waals surface area contributed by atoms with Gasteiger partial charge in [0.15, 0.2) is 0 Å². The highest BCUT2D eigenvalue weighted by atomic mass is 19.1. The number of benzene rings is 2. The van der Waals surface area contributed by atoms with Gasteiger partial charge in [-0.15, -0.1) is 0 Å². The van der Waals surface area contributed by atoms with Crippen molar-refractivity contribution in [3.63, 3.8) is 0 Å². The van der Waals surface area contributed by atoms with Gasteiger partial charge in [-0.2, -0.15) is 5.26 Å². The lowest BCUT2D eigenvalue weighted by Crippen LogP contribution is -2.12. The van der Waals surface area contributed by atoms with E-state index in [9.17, 15) is 4.39 Å². The summed E-state index contributed by atoms with van der Waals surface area (Å²) in [6, 6.07) is 18.9. The molecule has 2 aromatic carbocycles. The van der Waals surface area contributed by atoms with Crippen LogP contribution in [0.15, 0.2) is 60.7 Å². The van der Waals surface area contributed by atoms with Crippen LogP contribution in [0.4, 0.5) is 4.39 Å². The summed E-state index contributed by atoms with van der Waals surface area (Å²) in [6.45, 7) is -0.209. The maximum Gasteiger partial charge on any atom is 0.0991 e. The number of allylic oxidation sites excluding steroid dienone is 2. The Morgan fingerprint density at radius 3 is 2.11 bits per heavy atom. The van der Waals surface area contributed by atoms with Crippen molar-refractivity contribution < 1.29 is 4.39 Å². The Kier molecular flexibility index (Phi) is 7.22. The fraction of sp³-hybridized carbons (Fsp3) is 0.400. The van der Waals surface area contributed by atoms with Crippen molar-refractivity contribution in [2.45, 2.75) is 50.9 Å². The molecule has 1 nitrogen and oxygen atoms in total. The predicted molar refractivity (Wildman–Crippen MR) is 110 cm³/mol. The molecule has 0 radical (unpaired) electrons. The van der Waals surface area contributed by atoms with E-state index in [-0.39, 0.29) is 6.67 Å². The normalized spacial score (nSPS) is 19.9. The molecule has 2 aromatic rings. The van der Waals surface area contributed by atoms with E-state index in [1.54, 1.807) is 0 Å². The van der Waals surface area contributed by atoms with E-state index < -0.39 is 0 Å². The molecular weight excluding hydrogens is 333 g/mol. The molecule has 1 saturated carbocycles. The summed E-state index contributed by atoms with van der Waals surface area (Å²) in [5.74, 6) is 1.47. The van der Waals surface area contributed by atoms with Gasteiger partial charge >= 0.3 is 0 Å². The minimum absolute atomic E-state index is 0.209. The van der Waals surface area contributed by atoms with E-state index >= 15 is 0 Å². The predicted octanol–water partition coefficient (Wildman–Crippen LogP) is 7.20. The molecule has 3 rings (SSSR count). The molecule has 0 N–H and O–H groups in total. The molecule has 2 heteroatoms. The Labute approximate surface area is 162 Å². The number of hydrogen-bond donors (Lipinski definition) is 0. The monoisotopic (exact) mass is 361 g/mol. The summed E-state index contributed by atoms with van der Waals surface area (Å²) in [5.41, 5.74) is 4.51. The van der Waals surface area contributed by atoms with Gasteiger partial charge in [-0.1, -0.05) is 48.6 Å². The molecule has 0 saturated heterocycles. The molecule has 0 spiro atoms. The van der Waals surface area contributed by atoms with Crippen LogP contribution in [0.5, 0.6) is 0 Å². The zero-order valence-electron chi connectivity index (χ0n) is 15.9. The highest BCUT2D eigenvalue weighted by Gasteiger charge is 2.21. The first-order valence-electron chi connectivity index (χ1n) is 10.1. The minimum Gasteiger partial charge on any atom is -0.251 e. The highest BCUT2D eigenvalue weighted by molar-refractivity contribution is 5.64. The molecule has 0 atom stereocenters. The zero-order chi connectivity index (χ0) is 18.9. The topological polar surface area (TPSA) is 23.8 Å². The van der Waals surface area contributed by atoms with E-state index in [2.05, 4.69) is 42.5 Å². The minimum atomic E-state index is -0.209. The van der Waals surface area contributed by atoms with Crippen molar-refractivity contribution in [2.75, 3.05) is 6.67 Å². The summed E-state index contributed by atoms with van der Waals surface area (Å²) in [4.78, 5) is 0. The molecule has 1 aliphatic carbocycles. The van der Waals surface area contributed by atoms with Crippen molar-refractivity contribution in [3.05, 3.63) is 71.8 Å². The summed E-state index contributed by atoms with van der Waals surface area (Å²) < 4.78 is 12.1. The van der Waals surface area contributed by atoms with Crippen molar-refractivity contribution in [1.29, 1.82) is 5.26 Å². The van der Waals surface area contributed by atoms with Crippen LogP contribution in [0.3, 0.4) is 0 Å². The molecule has 0 bridgehead atoms. The molecule has 0 unspecified atom stereocenters. The standard InChI is InChI=1S/C25H28FN/c26-18-4-2-1-3-5-20-6-10-22(11-7-20)24-14-16-25(17-15-24)23-12-8-21(19-27)9-13-23/h1,3,8-9,12-17,20,22H,2,4-7,10-11,18H2/b3-1+. The Hall–Kier alpha value is -2.40. The van der Waals surface area contributed by atoms with Crippen molar-refractivity contribution in [2.24, 2.45) is 5.92 Å². The first kappa shape index (κ1) is 19.4. The average molecular weight is 362 g/mol. The van der Waals surface area contributed by atoms with E-state index in [0.717, 1.165) is 24.3 Å². The highest BCUT2D eigenvalue weighted by Crippen LogP contribution is 2.37. The average Bonchev–Trinajstić information content (AvgIpc) is 2.74. The van der Waals surface area contributed by atoms with Crippen LogP contribution in [-0.2, 0) is 0 Å². The van der Waals surface area contributed by atoms with Crippen LogP contribution >= 0.6 is 0 Å². The van der Waals surface area contributed by atoms with Gasteiger partial charge in [0.05, 0.1) is 18.3 Å². The number of unbranched alkanes of at least 4 members (excludes halogenated alkanes) is 1. The smallest absolute Gasteiger partial charge is 0.0991 e. The van der Waals surface area contributed by atoms with Crippen LogP contribution in [-0.4, -0.2) is 6.67 Å². The van der Waals surface area contributed by atoms with Crippen molar-refractivity contribution in [3.8, 4) is 17.2 Å². The SMILES string of the molecule is N#Cc1ccc(-c2ccc(C3CCC(C/C=C/CCCF)CC3)cc2)cc1. The maximum absolute atomic E-state index is 12.1. The molecule has 1 fully saturated rings. The largest absolute Gasteiger partial charge is 0.251 e. The Morgan fingerprint density at radius 2 is 1.52 bits per heavy atom. The van der Waals surface area contributed by atoms with E-state index in [1.165, 1.54) is 36.8 Å². The van der Waals surface area contributed by atoms with Crippen molar-refractivity contribution in [1.82, 2.24) is 0 Å². The fourth-order valence-electron chi connectivity index (χ4n) is 4.02. The Balaban J connectivity index is 1.51. The van der Waals surface area contributed by atoms with Gasteiger partial charge in [0.1, 0.15) is 0 Å². The number of alkyl halides is 1. The van der Waals surface area contributed by atoms with Crippen LogP contribution in [0.25, 0.3) is 11.1 Å². The summed E-state index contributed by atoms with van der Waals surface area (Å²) >= 11 is 0. The zero-order valence-corrected chi connectivity index (χ0v) is 15.9. The maximum atomic E-state index is 12.1. The van der Waals surface area contributed by atoms with Crippen LogP contribution in [0.2, 0.25) is 0 Å². The van der Waals surface area contributed by atoms with Gasteiger partial charge in [-0.25, -0.2) is 0 Å². The second-order valence-electron chi connectivity index (χ2n) is 7.57. The van der Waals surface area contributed by atoms with Crippen LogP contribution in [0.1, 0.15) is 62.0 Å². The summed E-state index contributed by atoms with van der Waals surface area (Å²) in [7, 11) is 0. The van der Waals surface area contributed by atoms with Gasteiger partial charge in [0.2, 0.25) is 0 Å². The van der Waals surface area contributed by atoms with Crippen LogP contribution < -0.4 is 0 Å². The number of hydrogen-bond acceptors (Lipinski definition) is 1. The Morgan fingerprint density at radius 1 is 0.889 bits per heavy atom. The third-order valence-corrected chi connectivity index (χ3v) is 5.72. The molecule has 140 valence electrons. The summed E-state index contributed by atoms with van der Waals surface area (Å²) in [6.07, 6.45) is 12.2. The third-order valence-electron chi connectivity index (χ3n) is 5.72. The van der Waals surface area contributed by atoms with Gasteiger partial charge in [-0.05, 0) is 85.6 Å². The number of nitrogens with zero attached hydrogens (tertiary/aromatic N) is 1. The molecule has 0 aromatic heterocycles. The van der Waals surface area contributed by atoms with E-state index in [4.69, 9.17) is 5.26 Å². The molecule has 0 heterocycles. The second-order valence-corrected chi connectivity index (χ2v) is 7.57. The molecular formula is C25H28FN. The molecule has 0 amide bonds. The summed E-state index contributed by atoms with van der Waals surface area (Å²) in [5, 5.41) is 8.91. The molecule has 0 aliphatic heterocycles. The van der Waals surface area contributed by atoms with Gasteiger partial charge in [-0.3, -0.25) is 4.39 Å². The van der Waals surface area contributed by atoms with Gasteiger partial charge < -0.3 is 0 Å².